The molecule has 0 rings (SSSR count). The van der Waals surface area contributed by atoms with E-state index in [0.717, 1.165) is 38.5 Å². The van der Waals surface area contributed by atoms with Crippen LogP contribution < -0.4 is 5.32 Å². The molecule has 1 amide bonds. The van der Waals surface area contributed by atoms with E-state index in [1.807, 2.05) is 6.08 Å². The summed E-state index contributed by atoms with van der Waals surface area (Å²) >= 11 is 0. The number of hydrogen-bond acceptors (Lipinski definition) is 3. The van der Waals surface area contributed by atoms with E-state index >= 15 is 0 Å². The minimum atomic E-state index is -0.859. The van der Waals surface area contributed by atoms with Crippen molar-refractivity contribution < 1.29 is 15.0 Å². The maximum Gasteiger partial charge on any atom is 0.220 e. The zero-order valence-electron chi connectivity index (χ0n) is 36.9. The van der Waals surface area contributed by atoms with Crippen molar-refractivity contribution in [3.8, 4) is 0 Å². The molecule has 0 fully saturated rings. The highest BCUT2D eigenvalue weighted by Crippen LogP contribution is 2.15. The van der Waals surface area contributed by atoms with Crippen molar-refractivity contribution >= 4 is 5.91 Å². The van der Waals surface area contributed by atoms with Gasteiger partial charge in [-0.3, -0.25) is 4.79 Å². The number of nitrogens with one attached hydrogen (secondary N) is 1. The van der Waals surface area contributed by atoms with Crippen LogP contribution in [0.1, 0.15) is 251 Å². The molecule has 0 aliphatic carbocycles. The van der Waals surface area contributed by atoms with Gasteiger partial charge in [-0.05, 0) is 64.2 Å². The molecular formula is C51H95NO3. The standard InChI is InChI=1S/C51H95NO3/c1-3-5-7-9-11-13-15-16-17-18-19-20-21-22-23-24-25-26-27-28-29-30-31-32-33-34-35-36-37-39-41-43-45-47-51(55)52-49(48-53)50(54)46-44-42-40-38-14-12-10-8-6-4-2/h14,19-20,22-23,38,44,46,49-50,53-54H,3-13,15-18,21,24-37,39-43,45,47-48H2,1-2H3,(H,52,55)/b20-19-,23-22-,38-14+,46-44+. The molecule has 0 aromatic carbocycles. The topological polar surface area (TPSA) is 69.6 Å². The summed E-state index contributed by atoms with van der Waals surface area (Å²) in [4.78, 5) is 12.4. The predicted molar refractivity (Wildman–Crippen MR) is 244 cm³/mol. The van der Waals surface area contributed by atoms with Gasteiger partial charge in [0.1, 0.15) is 0 Å². The zero-order valence-corrected chi connectivity index (χ0v) is 36.9. The largest absolute Gasteiger partial charge is 0.394 e. The molecule has 0 aliphatic rings. The molecule has 55 heavy (non-hydrogen) atoms. The average Bonchev–Trinajstić information content (AvgIpc) is 3.19. The average molecular weight is 770 g/mol. The second-order valence-electron chi connectivity index (χ2n) is 16.5. The molecule has 2 atom stereocenters. The summed E-state index contributed by atoms with van der Waals surface area (Å²) in [6.45, 7) is 4.26. The van der Waals surface area contributed by atoms with Crippen LogP contribution in [-0.4, -0.2) is 34.9 Å². The van der Waals surface area contributed by atoms with Crippen molar-refractivity contribution in [1.82, 2.24) is 5.32 Å². The minimum absolute atomic E-state index is 0.0749. The SMILES string of the molecule is CCCCCC/C=C/CC/C=C/C(O)C(CO)NC(=O)CCCCCCCCCCCCCCCCCCC/C=C\C/C=C\CCCCCCCCCCC. The summed E-state index contributed by atoms with van der Waals surface area (Å²) in [5.41, 5.74) is 0. The summed E-state index contributed by atoms with van der Waals surface area (Å²) in [6.07, 6.45) is 64.0. The predicted octanol–water partition coefficient (Wildman–Crippen LogP) is 15.5. The fraction of sp³-hybridized carbons (Fsp3) is 0.824. The van der Waals surface area contributed by atoms with E-state index < -0.39 is 12.1 Å². The Hall–Kier alpha value is -1.65. The van der Waals surface area contributed by atoms with Gasteiger partial charge in [-0.2, -0.15) is 0 Å². The Morgan fingerprint density at radius 1 is 0.436 bits per heavy atom. The van der Waals surface area contributed by atoms with Gasteiger partial charge >= 0.3 is 0 Å². The molecule has 0 heterocycles. The number of amides is 1. The van der Waals surface area contributed by atoms with Crippen LogP contribution in [0.25, 0.3) is 0 Å². The third kappa shape index (κ3) is 43.3. The molecule has 0 saturated heterocycles. The van der Waals surface area contributed by atoms with Crippen LogP contribution >= 0.6 is 0 Å². The number of allylic oxidation sites excluding steroid dienone is 7. The Morgan fingerprint density at radius 3 is 1.18 bits per heavy atom. The van der Waals surface area contributed by atoms with Crippen LogP contribution in [0.15, 0.2) is 48.6 Å². The van der Waals surface area contributed by atoms with Crippen molar-refractivity contribution in [3.63, 3.8) is 0 Å². The van der Waals surface area contributed by atoms with E-state index in [9.17, 15) is 15.0 Å². The first-order valence-corrected chi connectivity index (χ1v) is 24.4. The van der Waals surface area contributed by atoms with Gasteiger partial charge in [0, 0.05) is 6.42 Å². The number of aliphatic hydroxyl groups excluding tert-OH is 2. The molecule has 0 aromatic rings. The van der Waals surface area contributed by atoms with E-state index in [0.29, 0.717) is 6.42 Å². The Labute approximate surface area is 344 Å². The lowest BCUT2D eigenvalue weighted by Crippen LogP contribution is -2.45. The van der Waals surface area contributed by atoms with Gasteiger partial charge in [0.2, 0.25) is 5.91 Å². The normalized spacial score (nSPS) is 13.3. The van der Waals surface area contributed by atoms with Gasteiger partial charge in [0.05, 0.1) is 18.8 Å². The fourth-order valence-corrected chi connectivity index (χ4v) is 7.28. The first-order valence-electron chi connectivity index (χ1n) is 24.4. The second-order valence-corrected chi connectivity index (χ2v) is 16.5. The molecule has 0 saturated carbocycles. The Bertz CT molecular complexity index is 877. The van der Waals surface area contributed by atoms with Crippen LogP contribution in [0.5, 0.6) is 0 Å². The number of hydrogen-bond donors (Lipinski definition) is 3. The number of carbonyl (C=O) groups is 1. The Balaban J connectivity index is 3.44. The summed E-state index contributed by atoms with van der Waals surface area (Å²) in [7, 11) is 0. The monoisotopic (exact) mass is 770 g/mol. The molecule has 3 N–H and O–H groups in total. The van der Waals surface area contributed by atoms with Crippen molar-refractivity contribution in [2.75, 3.05) is 6.61 Å². The molecule has 4 heteroatoms. The van der Waals surface area contributed by atoms with E-state index in [-0.39, 0.29) is 12.5 Å². The van der Waals surface area contributed by atoms with Crippen LogP contribution in [0, 0.1) is 0 Å². The number of aliphatic hydroxyl groups is 2. The maximum absolute atomic E-state index is 12.4. The number of carbonyl (C=O) groups excluding carboxylic acids is 1. The van der Waals surface area contributed by atoms with Crippen molar-refractivity contribution in [2.45, 2.75) is 264 Å². The second kappa shape index (κ2) is 46.7. The number of unbranched alkanes of at least 4 members (excludes halogenated alkanes) is 31. The Morgan fingerprint density at radius 2 is 0.764 bits per heavy atom. The molecule has 0 aliphatic heterocycles. The smallest absolute Gasteiger partial charge is 0.220 e. The van der Waals surface area contributed by atoms with Crippen LogP contribution in [0.3, 0.4) is 0 Å². The highest BCUT2D eigenvalue weighted by atomic mass is 16.3. The van der Waals surface area contributed by atoms with E-state index in [1.165, 1.54) is 193 Å². The lowest BCUT2D eigenvalue weighted by Gasteiger charge is -2.19. The highest BCUT2D eigenvalue weighted by molar-refractivity contribution is 5.76. The van der Waals surface area contributed by atoms with Crippen LogP contribution in [0.4, 0.5) is 0 Å². The third-order valence-corrected chi connectivity index (χ3v) is 11.0. The van der Waals surface area contributed by atoms with E-state index in [1.54, 1.807) is 6.08 Å². The van der Waals surface area contributed by atoms with Gasteiger partial charge in [0.15, 0.2) is 0 Å². The van der Waals surface area contributed by atoms with Gasteiger partial charge in [-0.15, -0.1) is 0 Å². The molecule has 4 nitrogen and oxygen atoms in total. The van der Waals surface area contributed by atoms with Crippen molar-refractivity contribution in [1.29, 1.82) is 0 Å². The first kappa shape index (κ1) is 53.4. The van der Waals surface area contributed by atoms with Gasteiger partial charge in [-0.25, -0.2) is 0 Å². The third-order valence-electron chi connectivity index (χ3n) is 11.0. The van der Waals surface area contributed by atoms with E-state index in [2.05, 4.69) is 55.6 Å². The molecule has 0 spiro atoms. The zero-order chi connectivity index (χ0) is 40.0. The van der Waals surface area contributed by atoms with Gasteiger partial charge in [0.25, 0.3) is 0 Å². The van der Waals surface area contributed by atoms with Crippen molar-refractivity contribution in [2.24, 2.45) is 0 Å². The summed E-state index contributed by atoms with van der Waals surface area (Å²) < 4.78 is 0. The molecule has 2 unspecified atom stereocenters. The number of rotatable bonds is 44. The van der Waals surface area contributed by atoms with Crippen LogP contribution in [0.2, 0.25) is 0 Å². The first-order chi connectivity index (χ1) is 27.2. The maximum atomic E-state index is 12.4. The molecule has 0 aromatic heterocycles. The fourth-order valence-electron chi connectivity index (χ4n) is 7.28. The van der Waals surface area contributed by atoms with Crippen molar-refractivity contribution in [3.05, 3.63) is 48.6 Å². The summed E-state index contributed by atoms with van der Waals surface area (Å²) in [5, 5.41) is 22.9. The lowest BCUT2D eigenvalue weighted by atomic mass is 10.0. The Kier molecular flexibility index (Phi) is 45.3. The van der Waals surface area contributed by atoms with Crippen LogP contribution in [-0.2, 0) is 4.79 Å². The highest BCUT2D eigenvalue weighted by Gasteiger charge is 2.17. The minimum Gasteiger partial charge on any atom is -0.394 e. The molecule has 0 bridgehead atoms. The lowest BCUT2D eigenvalue weighted by molar-refractivity contribution is -0.123. The van der Waals surface area contributed by atoms with Gasteiger partial charge < -0.3 is 15.5 Å². The molecular weight excluding hydrogens is 675 g/mol. The molecule has 0 radical (unpaired) electrons. The quantitative estimate of drug-likeness (QED) is 0.0427. The van der Waals surface area contributed by atoms with Gasteiger partial charge in [-0.1, -0.05) is 229 Å². The summed E-state index contributed by atoms with van der Waals surface area (Å²) in [5.74, 6) is -0.0749. The summed E-state index contributed by atoms with van der Waals surface area (Å²) in [6, 6.07) is -0.637. The molecule has 322 valence electrons. The van der Waals surface area contributed by atoms with E-state index in [4.69, 9.17) is 0 Å².